The number of hydrogen-bond acceptors (Lipinski definition) is 5. The first-order chi connectivity index (χ1) is 9.36. The van der Waals surface area contributed by atoms with E-state index in [-0.39, 0.29) is 5.79 Å². The van der Waals surface area contributed by atoms with Gasteiger partial charge in [-0.25, -0.2) is 0 Å². The van der Waals surface area contributed by atoms with Crippen LogP contribution in [-0.4, -0.2) is 69.5 Å². The Bertz CT molecular complexity index is 265. The third-order valence-corrected chi connectivity index (χ3v) is 4.37. The summed E-state index contributed by atoms with van der Waals surface area (Å²) in [4.78, 5) is 2.41. The van der Waals surface area contributed by atoms with Crippen LogP contribution in [0, 0.1) is 0 Å². The van der Waals surface area contributed by atoms with Gasteiger partial charge in [-0.3, -0.25) is 4.90 Å². The van der Waals surface area contributed by atoms with Gasteiger partial charge in [-0.05, 0) is 12.8 Å². The molecule has 0 N–H and O–H groups in total. The van der Waals surface area contributed by atoms with Crippen LogP contribution in [0.15, 0.2) is 0 Å². The first kappa shape index (κ1) is 13.8. The maximum Gasteiger partial charge on any atom is 0.168 e. The summed E-state index contributed by atoms with van der Waals surface area (Å²) in [7, 11) is 0. The van der Waals surface area contributed by atoms with Gasteiger partial charge in [-0.15, -0.1) is 0 Å². The highest BCUT2D eigenvalue weighted by Crippen LogP contribution is 2.36. The molecule has 0 atom stereocenters. The van der Waals surface area contributed by atoms with E-state index in [0.717, 1.165) is 78.4 Å². The third-order valence-electron chi connectivity index (χ3n) is 4.37. The van der Waals surface area contributed by atoms with Gasteiger partial charge < -0.3 is 18.9 Å². The smallest absolute Gasteiger partial charge is 0.168 e. The highest BCUT2D eigenvalue weighted by Gasteiger charge is 2.40. The molecule has 1 saturated carbocycles. The molecule has 2 saturated heterocycles. The van der Waals surface area contributed by atoms with Gasteiger partial charge >= 0.3 is 0 Å². The minimum absolute atomic E-state index is 0.260. The molecule has 0 radical (unpaired) electrons. The number of ether oxygens (including phenoxy) is 4. The number of hydrogen-bond donors (Lipinski definition) is 0. The molecule has 0 aromatic heterocycles. The van der Waals surface area contributed by atoms with Crippen molar-refractivity contribution in [3.8, 4) is 0 Å². The highest BCUT2D eigenvalue weighted by molar-refractivity contribution is 4.82. The summed E-state index contributed by atoms with van der Waals surface area (Å²) in [5.74, 6) is -0.260. The summed E-state index contributed by atoms with van der Waals surface area (Å²) >= 11 is 0. The SMILES string of the molecule is C1CN(CCOC2CCC3(CC2)OCCO3)CCO1. The molecule has 1 aliphatic carbocycles. The van der Waals surface area contributed by atoms with Crippen LogP contribution in [0.5, 0.6) is 0 Å². The van der Waals surface area contributed by atoms with E-state index in [1.807, 2.05) is 0 Å². The third kappa shape index (κ3) is 3.67. The molecule has 2 aliphatic heterocycles. The quantitative estimate of drug-likeness (QED) is 0.763. The first-order valence-electron chi connectivity index (χ1n) is 7.56. The minimum Gasteiger partial charge on any atom is -0.379 e. The Morgan fingerprint density at radius 3 is 2.37 bits per heavy atom. The van der Waals surface area contributed by atoms with Crippen molar-refractivity contribution in [1.29, 1.82) is 0 Å². The van der Waals surface area contributed by atoms with Crippen LogP contribution in [0.4, 0.5) is 0 Å². The summed E-state index contributed by atoms with van der Waals surface area (Å²) in [6, 6.07) is 0. The van der Waals surface area contributed by atoms with Gasteiger partial charge in [0.15, 0.2) is 5.79 Å². The van der Waals surface area contributed by atoms with Gasteiger partial charge in [0.2, 0.25) is 0 Å². The molecule has 2 heterocycles. The van der Waals surface area contributed by atoms with Crippen LogP contribution >= 0.6 is 0 Å². The predicted octanol–water partition coefficient (Wildman–Crippen LogP) is 1.02. The molecular formula is C14H25NO4. The van der Waals surface area contributed by atoms with E-state index in [2.05, 4.69) is 4.90 Å². The molecule has 0 aromatic rings. The Kier molecular flexibility index (Phi) is 4.71. The normalized spacial score (nSPS) is 29.1. The molecule has 3 aliphatic rings. The van der Waals surface area contributed by atoms with Crippen molar-refractivity contribution in [3.05, 3.63) is 0 Å². The first-order valence-corrected chi connectivity index (χ1v) is 7.56. The molecule has 110 valence electrons. The Morgan fingerprint density at radius 1 is 1.00 bits per heavy atom. The molecule has 0 amide bonds. The fourth-order valence-electron chi connectivity index (χ4n) is 3.16. The maximum atomic E-state index is 5.99. The number of morpholine rings is 1. The summed E-state index contributed by atoms with van der Waals surface area (Å²) in [6.45, 7) is 7.17. The lowest BCUT2D eigenvalue weighted by atomic mass is 9.92. The Morgan fingerprint density at radius 2 is 1.68 bits per heavy atom. The Balaban J connectivity index is 1.31. The van der Waals surface area contributed by atoms with Crippen LogP contribution < -0.4 is 0 Å². The lowest BCUT2D eigenvalue weighted by molar-refractivity contribution is -0.192. The van der Waals surface area contributed by atoms with Crippen molar-refractivity contribution in [2.45, 2.75) is 37.6 Å². The lowest BCUT2D eigenvalue weighted by Crippen LogP contribution is -2.40. The Hall–Kier alpha value is -0.200. The second kappa shape index (κ2) is 6.50. The number of nitrogens with zero attached hydrogens (tertiary/aromatic N) is 1. The van der Waals surface area contributed by atoms with Gasteiger partial charge in [0, 0.05) is 32.5 Å². The largest absolute Gasteiger partial charge is 0.379 e. The highest BCUT2D eigenvalue weighted by atomic mass is 16.7. The number of rotatable bonds is 4. The van der Waals surface area contributed by atoms with Gasteiger partial charge in [0.25, 0.3) is 0 Å². The van der Waals surface area contributed by atoms with Gasteiger partial charge in [0.1, 0.15) is 0 Å². The zero-order valence-electron chi connectivity index (χ0n) is 11.6. The molecule has 0 unspecified atom stereocenters. The van der Waals surface area contributed by atoms with Crippen molar-refractivity contribution < 1.29 is 18.9 Å². The van der Waals surface area contributed by atoms with E-state index < -0.39 is 0 Å². The summed E-state index contributed by atoms with van der Waals surface area (Å²) in [6.07, 6.45) is 4.47. The predicted molar refractivity (Wildman–Crippen MR) is 70.1 cm³/mol. The van der Waals surface area contributed by atoms with Gasteiger partial charge in [-0.2, -0.15) is 0 Å². The molecule has 3 rings (SSSR count). The molecular weight excluding hydrogens is 246 g/mol. The zero-order valence-corrected chi connectivity index (χ0v) is 11.6. The molecule has 1 spiro atoms. The fourth-order valence-corrected chi connectivity index (χ4v) is 3.16. The van der Waals surface area contributed by atoms with E-state index >= 15 is 0 Å². The van der Waals surface area contributed by atoms with E-state index in [9.17, 15) is 0 Å². The van der Waals surface area contributed by atoms with E-state index in [0.29, 0.717) is 6.10 Å². The minimum atomic E-state index is -0.260. The fraction of sp³-hybridized carbons (Fsp3) is 1.00. The summed E-state index contributed by atoms with van der Waals surface area (Å²) in [5.41, 5.74) is 0. The molecule has 5 heteroatoms. The van der Waals surface area contributed by atoms with Crippen LogP contribution in [-0.2, 0) is 18.9 Å². The molecule has 0 bridgehead atoms. The van der Waals surface area contributed by atoms with Crippen molar-refractivity contribution in [2.75, 3.05) is 52.7 Å². The monoisotopic (exact) mass is 271 g/mol. The van der Waals surface area contributed by atoms with Crippen LogP contribution in [0.1, 0.15) is 25.7 Å². The maximum absolute atomic E-state index is 5.99. The Labute approximate surface area is 115 Å². The van der Waals surface area contributed by atoms with E-state index in [1.165, 1.54) is 0 Å². The van der Waals surface area contributed by atoms with Crippen molar-refractivity contribution >= 4 is 0 Å². The topological polar surface area (TPSA) is 40.2 Å². The molecule has 0 aromatic carbocycles. The van der Waals surface area contributed by atoms with Crippen molar-refractivity contribution in [2.24, 2.45) is 0 Å². The van der Waals surface area contributed by atoms with Crippen molar-refractivity contribution in [1.82, 2.24) is 4.90 Å². The average molecular weight is 271 g/mol. The molecule has 5 nitrogen and oxygen atoms in total. The van der Waals surface area contributed by atoms with E-state index in [4.69, 9.17) is 18.9 Å². The van der Waals surface area contributed by atoms with Crippen LogP contribution in [0.3, 0.4) is 0 Å². The molecule has 3 fully saturated rings. The average Bonchev–Trinajstić information content (AvgIpc) is 2.91. The van der Waals surface area contributed by atoms with E-state index in [1.54, 1.807) is 0 Å². The van der Waals surface area contributed by atoms with Gasteiger partial charge in [0.05, 0.1) is 39.1 Å². The summed E-state index contributed by atoms with van der Waals surface area (Å²) in [5, 5.41) is 0. The second-order valence-corrected chi connectivity index (χ2v) is 5.63. The van der Waals surface area contributed by atoms with Gasteiger partial charge in [-0.1, -0.05) is 0 Å². The second-order valence-electron chi connectivity index (χ2n) is 5.63. The van der Waals surface area contributed by atoms with Crippen molar-refractivity contribution in [3.63, 3.8) is 0 Å². The lowest BCUT2D eigenvalue weighted by Gasteiger charge is -2.35. The van der Waals surface area contributed by atoms with Crippen LogP contribution in [0.2, 0.25) is 0 Å². The standard InChI is InChI=1S/C14H25NO4/c1-3-14(18-11-12-19-14)4-2-13(1)17-10-7-15-5-8-16-9-6-15/h13H,1-12H2. The molecule has 19 heavy (non-hydrogen) atoms. The van der Waals surface area contributed by atoms with Crippen LogP contribution in [0.25, 0.3) is 0 Å². The zero-order chi connectivity index (χ0) is 13.0. The summed E-state index contributed by atoms with van der Waals surface area (Å²) < 4.78 is 22.8.